The molecule has 0 bridgehead atoms. The van der Waals surface area contributed by atoms with Crippen LogP contribution in [0.3, 0.4) is 0 Å². The average molecular weight is 371 g/mol. The van der Waals surface area contributed by atoms with Gasteiger partial charge >= 0.3 is 0 Å². The molecule has 0 spiro atoms. The summed E-state index contributed by atoms with van der Waals surface area (Å²) in [7, 11) is 0. The van der Waals surface area contributed by atoms with E-state index in [9.17, 15) is 10.1 Å². The predicted octanol–water partition coefficient (Wildman–Crippen LogP) is 5.55. The van der Waals surface area contributed by atoms with Crippen LogP contribution in [0.25, 0.3) is 0 Å². The lowest BCUT2D eigenvalue weighted by molar-refractivity contribution is -0.385. The highest BCUT2D eigenvalue weighted by atomic mass is 79.9. The predicted molar refractivity (Wildman–Crippen MR) is 86.7 cm³/mol. The van der Waals surface area contributed by atoms with Crippen molar-refractivity contribution in [2.75, 3.05) is 0 Å². The van der Waals surface area contributed by atoms with E-state index in [1.54, 1.807) is 32.0 Å². The number of rotatable bonds is 4. The molecule has 0 radical (unpaired) electrons. The first-order chi connectivity index (χ1) is 9.93. The molecule has 6 heteroatoms. The summed E-state index contributed by atoms with van der Waals surface area (Å²) in [4.78, 5) is 10.5. The summed E-state index contributed by atoms with van der Waals surface area (Å²) >= 11 is 9.52. The van der Waals surface area contributed by atoms with Crippen LogP contribution in [0.1, 0.15) is 16.7 Å². The highest BCUT2D eigenvalue weighted by Gasteiger charge is 2.16. The summed E-state index contributed by atoms with van der Waals surface area (Å²) in [5.74, 6) is 1.22. The van der Waals surface area contributed by atoms with E-state index in [1.165, 1.54) is 6.07 Å². The fourth-order valence-corrected chi connectivity index (χ4v) is 2.94. The minimum Gasteiger partial charge on any atom is -0.457 e. The van der Waals surface area contributed by atoms with Crippen molar-refractivity contribution in [1.29, 1.82) is 0 Å². The summed E-state index contributed by atoms with van der Waals surface area (Å²) in [6, 6.07) is 8.60. The number of benzene rings is 2. The molecular weight excluding hydrogens is 358 g/mol. The molecule has 0 atom stereocenters. The molecule has 0 saturated heterocycles. The van der Waals surface area contributed by atoms with Crippen molar-refractivity contribution in [2.45, 2.75) is 19.2 Å². The smallest absolute Gasteiger partial charge is 0.272 e. The summed E-state index contributed by atoms with van der Waals surface area (Å²) in [5, 5.41) is 12.1. The van der Waals surface area contributed by atoms with Gasteiger partial charge in [-0.1, -0.05) is 33.6 Å². The Morgan fingerprint density at radius 2 is 1.95 bits per heavy atom. The second-order valence-corrected chi connectivity index (χ2v) is 5.58. The van der Waals surface area contributed by atoms with Crippen LogP contribution in [0.2, 0.25) is 5.02 Å². The highest BCUT2D eigenvalue weighted by Crippen LogP contribution is 2.35. The van der Waals surface area contributed by atoms with Crippen LogP contribution in [0.5, 0.6) is 11.5 Å². The van der Waals surface area contributed by atoms with E-state index in [0.29, 0.717) is 33.0 Å². The third-order valence-corrected chi connectivity index (χ3v) is 4.03. The van der Waals surface area contributed by atoms with Gasteiger partial charge in [-0.2, -0.15) is 0 Å². The van der Waals surface area contributed by atoms with Crippen LogP contribution in [-0.4, -0.2) is 4.92 Å². The monoisotopic (exact) mass is 369 g/mol. The topological polar surface area (TPSA) is 52.4 Å². The van der Waals surface area contributed by atoms with Gasteiger partial charge in [0.25, 0.3) is 5.69 Å². The molecule has 110 valence electrons. The zero-order chi connectivity index (χ0) is 15.6. The van der Waals surface area contributed by atoms with Crippen LogP contribution in [0, 0.1) is 24.0 Å². The quantitative estimate of drug-likeness (QED) is 0.402. The molecule has 0 heterocycles. The maximum absolute atomic E-state index is 10.9. The third-order valence-electron chi connectivity index (χ3n) is 3.12. The maximum atomic E-state index is 10.9. The van der Waals surface area contributed by atoms with E-state index in [0.717, 1.165) is 5.56 Å². The van der Waals surface area contributed by atoms with Gasteiger partial charge in [-0.3, -0.25) is 10.1 Å². The summed E-state index contributed by atoms with van der Waals surface area (Å²) < 4.78 is 5.89. The van der Waals surface area contributed by atoms with Crippen LogP contribution in [0.4, 0.5) is 5.69 Å². The molecule has 0 aliphatic rings. The Kier molecular flexibility index (Phi) is 4.85. The van der Waals surface area contributed by atoms with E-state index in [2.05, 4.69) is 15.9 Å². The zero-order valence-corrected chi connectivity index (χ0v) is 13.9. The van der Waals surface area contributed by atoms with Gasteiger partial charge in [-0.25, -0.2) is 0 Å². The number of ether oxygens (including phenoxy) is 1. The Morgan fingerprint density at radius 1 is 1.24 bits per heavy atom. The van der Waals surface area contributed by atoms with Crippen LogP contribution in [0.15, 0.2) is 30.3 Å². The molecular formula is C15H13BrClNO3. The van der Waals surface area contributed by atoms with Gasteiger partial charge in [0.05, 0.1) is 4.92 Å². The number of hydrogen-bond donors (Lipinski definition) is 0. The fourth-order valence-electron chi connectivity index (χ4n) is 1.96. The first kappa shape index (κ1) is 15.8. The normalized spacial score (nSPS) is 10.5. The Bertz CT molecular complexity index is 704. The maximum Gasteiger partial charge on any atom is 0.272 e. The van der Waals surface area contributed by atoms with Gasteiger partial charge < -0.3 is 4.74 Å². The van der Waals surface area contributed by atoms with Gasteiger partial charge in [0.2, 0.25) is 0 Å². The van der Waals surface area contributed by atoms with Gasteiger partial charge in [-0.05, 0) is 37.6 Å². The van der Waals surface area contributed by atoms with Crippen molar-refractivity contribution < 1.29 is 9.66 Å². The number of nitro groups is 1. The Hall–Kier alpha value is -1.59. The van der Waals surface area contributed by atoms with E-state index in [4.69, 9.17) is 16.3 Å². The molecule has 2 aromatic rings. The molecule has 0 N–H and O–H groups in total. The second-order valence-electron chi connectivity index (χ2n) is 4.61. The van der Waals surface area contributed by atoms with Crippen LogP contribution < -0.4 is 4.74 Å². The number of hydrogen-bond acceptors (Lipinski definition) is 3. The van der Waals surface area contributed by atoms with Crippen molar-refractivity contribution in [1.82, 2.24) is 0 Å². The second kappa shape index (κ2) is 6.45. The summed E-state index contributed by atoms with van der Waals surface area (Å²) in [6.07, 6.45) is 0. The van der Waals surface area contributed by atoms with Crippen molar-refractivity contribution in [3.8, 4) is 11.5 Å². The molecule has 0 fully saturated rings. The van der Waals surface area contributed by atoms with Gasteiger partial charge in [0, 0.05) is 27.5 Å². The Morgan fingerprint density at radius 3 is 2.57 bits per heavy atom. The first-order valence-electron chi connectivity index (χ1n) is 6.21. The van der Waals surface area contributed by atoms with Crippen LogP contribution in [-0.2, 0) is 5.33 Å². The minimum atomic E-state index is -0.393. The summed E-state index contributed by atoms with van der Waals surface area (Å²) in [6.45, 7) is 3.47. The van der Waals surface area contributed by atoms with Crippen LogP contribution >= 0.6 is 27.5 Å². The van der Waals surface area contributed by atoms with Crippen molar-refractivity contribution in [3.63, 3.8) is 0 Å². The lowest BCUT2D eigenvalue weighted by atomic mass is 10.1. The van der Waals surface area contributed by atoms with E-state index in [1.807, 2.05) is 6.07 Å². The minimum absolute atomic E-state index is 0.0895. The average Bonchev–Trinajstić information content (AvgIpc) is 2.42. The molecule has 4 nitrogen and oxygen atoms in total. The lowest BCUT2D eigenvalue weighted by Crippen LogP contribution is -1.96. The standard InChI is InChI=1S/C15H13BrClNO3/c1-9-7-15(10(2)6-13(9)18(19)20)21-14-5-3-4-12(17)11(14)8-16/h3-7H,8H2,1-2H3. The first-order valence-corrected chi connectivity index (χ1v) is 7.70. The van der Waals surface area contributed by atoms with Crippen molar-refractivity contribution in [2.24, 2.45) is 0 Å². The van der Waals surface area contributed by atoms with E-state index in [-0.39, 0.29) is 5.69 Å². The van der Waals surface area contributed by atoms with Crippen molar-refractivity contribution >= 4 is 33.2 Å². The number of nitro benzene ring substituents is 1. The van der Waals surface area contributed by atoms with E-state index >= 15 is 0 Å². The Balaban J connectivity index is 2.43. The van der Waals surface area contributed by atoms with Gasteiger partial charge in [0.15, 0.2) is 0 Å². The van der Waals surface area contributed by atoms with Crippen molar-refractivity contribution in [3.05, 3.63) is 62.2 Å². The fraction of sp³-hybridized carbons (Fsp3) is 0.200. The summed E-state index contributed by atoms with van der Waals surface area (Å²) in [5.41, 5.74) is 2.19. The van der Waals surface area contributed by atoms with Gasteiger partial charge in [-0.15, -0.1) is 0 Å². The molecule has 0 aliphatic heterocycles. The van der Waals surface area contributed by atoms with Gasteiger partial charge in [0.1, 0.15) is 11.5 Å². The zero-order valence-electron chi connectivity index (χ0n) is 11.5. The molecule has 0 saturated carbocycles. The number of aryl methyl sites for hydroxylation is 2. The third kappa shape index (κ3) is 3.36. The SMILES string of the molecule is Cc1cc([N+](=O)[O-])c(C)cc1Oc1cccc(Cl)c1CBr. The highest BCUT2D eigenvalue weighted by molar-refractivity contribution is 9.08. The number of nitrogens with zero attached hydrogens (tertiary/aromatic N) is 1. The molecule has 0 aliphatic carbocycles. The molecule has 0 amide bonds. The Labute approximate surface area is 136 Å². The molecule has 21 heavy (non-hydrogen) atoms. The molecule has 2 aromatic carbocycles. The van der Waals surface area contributed by atoms with E-state index < -0.39 is 4.92 Å². The largest absolute Gasteiger partial charge is 0.457 e. The number of alkyl halides is 1. The lowest BCUT2D eigenvalue weighted by Gasteiger charge is -2.13. The molecule has 0 aromatic heterocycles. The number of halogens is 2. The molecule has 0 unspecified atom stereocenters. The molecule has 2 rings (SSSR count).